The Balaban J connectivity index is 1.90. The van der Waals surface area contributed by atoms with Gasteiger partial charge in [0.1, 0.15) is 17.1 Å². The normalized spacial score (nSPS) is 10.0. The molecular weight excluding hydrogens is 388 g/mol. The second-order valence-corrected chi connectivity index (χ2v) is 6.86. The predicted molar refractivity (Wildman–Crippen MR) is 116 cm³/mol. The number of ether oxygens (including phenoxy) is 2. The highest BCUT2D eigenvalue weighted by Crippen LogP contribution is 2.26. The summed E-state index contributed by atoms with van der Waals surface area (Å²) in [5.74, 6) is -0.0893. The molecule has 3 rings (SSSR count). The van der Waals surface area contributed by atoms with Gasteiger partial charge in [0.05, 0.1) is 25.6 Å². The topological polar surface area (TPSA) is 76.7 Å². The first kappa shape index (κ1) is 20.2. The van der Waals surface area contributed by atoms with E-state index in [0.29, 0.717) is 22.9 Å². The lowest BCUT2D eigenvalue weighted by Crippen LogP contribution is -2.25. The highest BCUT2D eigenvalue weighted by atomic mass is 32.1. The van der Waals surface area contributed by atoms with Gasteiger partial charge in [-0.3, -0.25) is 9.59 Å². The number of carbonyl (C=O) groups is 2. The van der Waals surface area contributed by atoms with Gasteiger partial charge in [-0.15, -0.1) is 11.3 Å². The zero-order chi connectivity index (χ0) is 20.6. The maximum absolute atomic E-state index is 13.0. The van der Waals surface area contributed by atoms with Crippen LogP contribution in [0.25, 0.3) is 6.08 Å². The lowest BCUT2D eigenvalue weighted by Gasteiger charge is -2.13. The van der Waals surface area contributed by atoms with Crippen LogP contribution in [0.15, 0.2) is 71.6 Å². The van der Waals surface area contributed by atoms with E-state index in [1.807, 2.05) is 17.5 Å². The van der Waals surface area contributed by atoms with E-state index in [4.69, 9.17) is 9.47 Å². The number of thiophene rings is 1. The minimum Gasteiger partial charge on any atom is -0.495 e. The van der Waals surface area contributed by atoms with Crippen LogP contribution in [0.2, 0.25) is 0 Å². The Kier molecular flexibility index (Phi) is 6.65. The minimum absolute atomic E-state index is 0.0377. The molecule has 0 radical (unpaired) electrons. The summed E-state index contributed by atoms with van der Waals surface area (Å²) in [4.78, 5) is 26.7. The molecule has 0 saturated carbocycles. The minimum atomic E-state index is -0.546. The first-order chi connectivity index (χ1) is 14.1. The molecule has 2 N–H and O–H groups in total. The summed E-state index contributed by atoms with van der Waals surface area (Å²) in [6.45, 7) is 0. The molecular formula is C22H20N2O4S. The molecule has 7 heteroatoms. The lowest BCUT2D eigenvalue weighted by molar-refractivity contribution is -0.118. The highest BCUT2D eigenvalue weighted by molar-refractivity contribution is 7.10. The fraction of sp³-hybridized carbons (Fsp3) is 0.0909. The second-order valence-electron chi connectivity index (χ2n) is 5.88. The summed E-state index contributed by atoms with van der Waals surface area (Å²) in [5.41, 5.74) is 0.911. The average Bonchev–Trinajstić information content (AvgIpc) is 3.26. The molecule has 0 aliphatic rings. The van der Waals surface area contributed by atoms with Gasteiger partial charge in [-0.2, -0.15) is 0 Å². The fourth-order valence-corrected chi connectivity index (χ4v) is 3.28. The van der Waals surface area contributed by atoms with Crippen LogP contribution in [0, 0.1) is 0 Å². The van der Waals surface area contributed by atoms with Crippen LogP contribution in [-0.4, -0.2) is 26.0 Å². The van der Waals surface area contributed by atoms with Crippen molar-refractivity contribution >= 4 is 40.6 Å². The summed E-state index contributed by atoms with van der Waals surface area (Å²) < 4.78 is 10.5. The molecule has 0 bridgehead atoms. The van der Waals surface area contributed by atoms with Crippen LogP contribution in [0.4, 0.5) is 11.4 Å². The van der Waals surface area contributed by atoms with Crippen molar-refractivity contribution in [2.45, 2.75) is 0 Å². The third-order valence-electron chi connectivity index (χ3n) is 4.03. The van der Waals surface area contributed by atoms with Crippen LogP contribution < -0.4 is 20.1 Å². The molecule has 29 heavy (non-hydrogen) atoms. The number of rotatable bonds is 7. The largest absolute Gasteiger partial charge is 0.495 e. The monoisotopic (exact) mass is 408 g/mol. The zero-order valence-corrected chi connectivity index (χ0v) is 16.8. The van der Waals surface area contributed by atoms with Crippen molar-refractivity contribution in [2.75, 3.05) is 24.9 Å². The van der Waals surface area contributed by atoms with Crippen molar-refractivity contribution < 1.29 is 19.1 Å². The van der Waals surface area contributed by atoms with E-state index in [1.54, 1.807) is 54.6 Å². The second kappa shape index (κ2) is 9.57. The summed E-state index contributed by atoms with van der Waals surface area (Å²) in [6.07, 6.45) is 1.56. The maximum atomic E-state index is 13.0. The van der Waals surface area contributed by atoms with E-state index in [9.17, 15) is 9.59 Å². The Hall–Kier alpha value is -3.58. The number of nitrogens with one attached hydrogen (secondary N) is 2. The predicted octanol–water partition coefficient (Wildman–Crippen LogP) is 4.43. The van der Waals surface area contributed by atoms with E-state index in [2.05, 4.69) is 10.6 Å². The van der Waals surface area contributed by atoms with Crippen molar-refractivity contribution in [3.63, 3.8) is 0 Å². The van der Waals surface area contributed by atoms with Gasteiger partial charge in [0, 0.05) is 4.88 Å². The molecule has 6 nitrogen and oxygen atoms in total. The number of carbonyl (C=O) groups excluding carboxylic acids is 2. The molecule has 2 aromatic carbocycles. The Morgan fingerprint density at radius 1 is 0.793 bits per heavy atom. The molecule has 0 atom stereocenters. The quantitative estimate of drug-likeness (QED) is 0.345. The lowest BCUT2D eigenvalue weighted by atomic mass is 10.1. The van der Waals surface area contributed by atoms with E-state index in [0.717, 1.165) is 4.88 Å². The van der Waals surface area contributed by atoms with E-state index < -0.39 is 11.8 Å². The molecule has 0 aliphatic heterocycles. The number of hydrogen-bond donors (Lipinski definition) is 2. The third kappa shape index (κ3) is 5.03. The van der Waals surface area contributed by atoms with Crippen molar-refractivity contribution in [1.82, 2.24) is 0 Å². The van der Waals surface area contributed by atoms with Crippen molar-refractivity contribution in [3.05, 3.63) is 76.5 Å². The summed E-state index contributed by atoms with van der Waals surface area (Å²) >= 11 is 1.43. The van der Waals surface area contributed by atoms with Crippen molar-refractivity contribution in [2.24, 2.45) is 0 Å². The zero-order valence-electron chi connectivity index (χ0n) is 16.0. The molecule has 0 unspecified atom stereocenters. The van der Waals surface area contributed by atoms with E-state index in [1.165, 1.54) is 25.6 Å². The number of hydrogen-bond acceptors (Lipinski definition) is 5. The van der Waals surface area contributed by atoms with Gasteiger partial charge < -0.3 is 20.1 Å². The summed E-state index contributed by atoms with van der Waals surface area (Å²) in [5, 5.41) is 7.37. The molecule has 3 aromatic rings. The van der Waals surface area contributed by atoms with Crippen molar-refractivity contribution in [3.8, 4) is 11.5 Å². The van der Waals surface area contributed by atoms with Crippen LogP contribution in [-0.2, 0) is 9.59 Å². The number of para-hydroxylation sites is 4. The van der Waals surface area contributed by atoms with Gasteiger partial charge >= 0.3 is 0 Å². The molecule has 2 amide bonds. The maximum Gasteiger partial charge on any atom is 0.261 e. The Labute approximate surface area is 172 Å². The third-order valence-corrected chi connectivity index (χ3v) is 4.85. The van der Waals surface area contributed by atoms with Crippen molar-refractivity contribution in [1.29, 1.82) is 0 Å². The molecule has 0 saturated heterocycles. The standard InChI is InChI=1S/C22H20N2O4S/c1-27-19-11-5-3-9-17(19)23-21(25)16(14-15-8-7-13-29-15)22(26)24-18-10-4-6-12-20(18)28-2/h3-14H,1-2H3,(H,23,25)(H,24,26). The highest BCUT2D eigenvalue weighted by Gasteiger charge is 2.21. The number of methoxy groups -OCH3 is 2. The van der Waals surface area contributed by atoms with Gasteiger partial charge in [-0.1, -0.05) is 30.3 Å². The molecule has 1 heterocycles. The van der Waals surface area contributed by atoms with Gasteiger partial charge in [0.25, 0.3) is 11.8 Å². The fourth-order valence-electron chi connectivity index (χ4n) is 2.62. The van der Waals surface area contributed by atoms with Crippen LogP contribution in [0.5, 0.6) is 11.5 Å². The first-order valence-electron chi connectivity index (χ1n) is 8.76. The van der Waals surface area contributed by atoms with Gasteiger partial charge in [-0.25, -0.2) is 0 Å². The van der Waals surface area contributed by atoms with Crippen LogP contribution >= 0.6 is 11.3 Å². The Bertz CT molecular complexity index is 965. The summed E-state index contributed by atoms with van der Waals surface area (Å²) in [7, 11) is 3.03. The van der Waals surface area contributed by atoms with E-state index >= 15 is 0 Å². The summed E-state index contributed by atoms with van der Waals surface area (Å²) in [6, 6.07) is 17.7. The average molecular weight is 408 g/mol. The van der Waals surface area contributed by atoms with Gasteiger partial charge in [0.2, 0.25) is 0 Å². The number of anilines is 2. The van der Waals surface area contributed by atoms with Gasteiger partial charge in [0.15, 0.2) is 0 Å². The molecule has 0 aliphatic carbocycles. The molecule has 0 fully saturated rings. The molecule has 148 valence electrons. The molecule has 0 spiro atoms. The Morgan fingerprint density at radius 3 is 1.76 bits per heavy atom. The first-order valence-corrected chi connectivity index (χ1v) is 9.64. The molecule has 1 aromatic heterocycles. The number of benzene rings is 2. The SMILES string of the molecule is COc1ccccc1NC(=O)C(=Cc1cccs1)C(=O)Nc1ccccc1OC. The van der Waals surface area contributed by atoms with E-state index in [-0.39, 0.29) is 5.57 Å². The van der Waals surface area contributed by atoms with Crippen LogP contribution in [0.1, 0.15) is 4.88 Å². The smallest absolute Gasteiger partial charge is 0.261 e. The Morgan fingerprint density at radius 2 is 1.31 bits per heavy atom. The number of amides is 2. The van der Waals surface area contributed by atoms with Crippen LogP contribution in [0.3, 0.4) is 0 Å². The van der Waals surface area contributed by atoms with Gasteiger partial charge in [-0.05, 0) is 41.8 Å².